The van der Waals surface area contributed by atoms with E-state index in [1.54, 1.807) is 0 Å². The second kappa shape index (κ2) is 3.97. The molecule has 0 unspecified atom stereocenters. The molecular formula is C9H12O7S. The Balaban J connectivity index is 3.88. The minimum atomic E-state index is -4.93. The van der Waals surface area contributed by atoms with Crippen molar-refractivity contribution in [3.63, 3.8) is 0 Å². The zero-order valence-corrected chi connectivity index (χ0v) is 9.85. The first-order valence-electron chi connectivity index (χ1n) is 4.56. The van der Waals surface area contributed by atoms with Crippen molar-refractivity contribution in [3.8, 4) is 23.0 Å². The Hall–Kier alpha value is -1.67. The molecule has 0 atom stereocenters. The molecule has 0 saturated carbocycles. The van der Waals surface area contributed by atoms with Crippen LogP contribution in [0.1, 0.15) is 25.3 Å². The molecule has 0 spiro atoms. The summed E-state index contributed by atoms with van der Waals surface area (Å²) < 4.78 is 30.7. The highest BCUT2D eigenvalue weighted by molar-refractivity contribution is 7.86. The first-order valence-corrected chi connectivity index (χ1v) is 6.00. The molecular weight excluding hydrogens is 252 g/mol. The lowest BCUT2D eigenvalue weighted by atomic mass is 10.00. The van der Waals surface area contributed by atoms with Crippen LogP contribution >= 0.6 is 0 Å². The Kier molecular flexibility index (Phi) is 3.13. The minimum Gasteiger partial charge on any atom is -0.506 e. The standard InChI is InChI=1S/C9H12O7S/c1-3(2)4-5(10)7(12)8(13)9(6(4)11)17(14,15)16/h3,10-13H,1-2H3,(H,14,15,16). The molecule has 0 aliphatic heterocycles. The topological polar surface area (TPSA) is 135 Å². The molecule has 0 aromatic heterocycles. The van der Waals surface area contributed by atoms with Gasteiger partial charge in [-0.1, -0.05) is 13.8 Å². The number of rotatable bonds is 2. The van der Waals surface area contributed by atoms with E-state index in [4.69, 9.17) is 4.55 Å². The van der Waals surface area contributed by atoms with E-state index in [0.717, 1.165) is 0 Å². The second-order valence-electron chi connectivity index (χ2n) is 3.77. The Morgan fingerprint density at radius 1 is 0.882 bits per heavy atom. The van der Waals surface area contributed by atoms with Crippen molar-refractivity contribution in [2.24, 2.45) is 0 Å². The predicted molar refractivity (Wildman–Crippen MR) is 57.0 cm³/mol. The van der Waals surface area contributed by atoms with E-state index in [9.17, 15) is 28.8 Å². The maximum atomic E-state index is 11.0. The summed E-state index contributed by atoms with van der Waals surface area (Å²) in [5.41, 5.74) is -0.284. The van der Waals surface area contributed by atoms with Crippen molar-refractivity contribution in [2.75, 3.05) is 0 Å². The third-order valence-corrected chi connectivity index (χ3v) is 3.13. The highest BCUT2D eigenvalue weighted by atomic mass is 32.2. The van der Waals surface area contributed by atoms with Gasteiger partial charge in [0, 0.05) is 5.56 Å². The molecule has 1 rings (SSSR count). The molecule has 5 N–H and O–H groups in total. The maximum absolute atomic E-state index is 11.0. The molecule has 0 fully saturated rings. The summed E-state index contributed by atoms with van der Waals surface area (Å²) in [6.45, 7) is 3.03. The van der Waals surface area contributed by atoms with E-state index in [0.29, 0.717) is 0 Å². The summed E-state index contributed by atoms with van der Waals surface area (Å²) in [7, 11) is -4.93. The summed E-state index contributed by atoms with van der Waals surface area (Å²) in [5.74, 6) is -4.77. The quantitative estimate of drug-likeness (QED) is 0.304. The molecule has 0 heterocycles. The summed E-state index contributed by atoms with van der Waals surface area (Å²) in [5, 5.41) is 37.7. The van der Waals surface area contributed by atoms with Crippen molar-refractivity contribution in [3.05, 3.63) is 5.56 Å². The van der Waals surface area contributed by atoms with Crippen LogP contribution in [-0.2, 0) is 10.1 Å². The number of phenols is 4. The SMILES string of the molecule is CC(C)c1c(O)c(O)c(O)c(S(=O)(=O)O)c1O. The molecule has 0 saturated heterocycles. The largest absolute Gasteiger partial charge is 0.506 e. The fourth-order valence-corrected chi connectivity index (χ4v) is 2.18. The van der Waals surface area contributed by atoms with Gasteiger partial charge < -0.3 is 20.4 Å². The third-order valence-electron chi connectivity index (χ3n) is 2.22. The van der Waals surface area contributed by atoms with Crippen molar-refractivity contribution in [1.82, 2.24) is 0 Å². The summed E-state index contributed by atoms with van der Waals surface area (Å²) >= 11 is 0. The Morgan fingerprint density at radius 3 is 1.71 bits per heavy atom. The van der Waals surface area contributed by atoms with E-state index in [2.05, 4.69) is 0 Å². The van der Waals surface area contributed by atoms with Gasteiger partial charge in [-0.3, -0.25) is 4.55 Å². The molecule has 17 heavy (non-hydrogen) atoms. The van der Waals surface area contributed by atoms with E-state index < -0.39 is 43.9 Å². The zero-order valence-electron chi connectivity index (χ0n) is 9.04. The van der Waals surface area contributed by atoms with Gasteiger partial charge in [0.2, 0.25) is 5.75 Å². The molecule has 8 heteroatoms. The van der Waals surface area contributed by atoms with Crippen LogP contribution in [0, 0.1) is 0 Å². The van der Waals surface area contributed by atoms with Crippen molar-refractivity contribution >= 4 is 10.1 Å². The number of phenolic OH excluding ortho intramolecular Hbond substituents is 4. The molecule has 0 radical (unpaired) electrons. The maximum Gasteiger partial charge on any atom is 0.302 e. The first kappa shape index (κ1) is 13.4. The van der Waals surface area contributed by atoms with Crippen LogP contribution in [0.15, 0.2) is 4.90 Å². The van der Waals surface area contributed by atoms with E-state index in [1.165, 1.54) is 13.8 Å². The molecule has 0 amide bonds. The smallest absolute Gasteiger partial charge is 0.302 e. The van der Waals surface area contributed by atoms with Gasteiger partial charge in [0.15, 0.2) is 16.4 Å². The first-order chi connectivity index (χ1) is 7.59. The van der Waals surface area contributed by atoms with Crippen LogP contribution in [0.25, 0.3) is 0 Å². The van der Waals surface area contributed by atoms with Crippen molar-refractivity contribution in [2.45, 2.75) is 24.7 Å². The zero-order chi connectivity index (χ0) is 13.5. The van der Waals surface area contributed by atoms with E-state index >= 15 is 0 Å². The predicted octanol–water partition coefficient (Wildman–Crippen LogP) is 0.879. The normalized spacial score (nSPS) is 12.0. The van der Waals surface area contributed by atoms with Crippen LogP contribution in [-0.4, -0.2) is 33.4 Å². The molecule has 0 aliphatic rings. The van der Waals surface area contributed by atoms with E-state index in [-0.39, 0.29) is 5.56 Å². The van der Waals surface area contributed by atoms with Crippen LogP contribution < -0.4 is 0 Å². The number of hydrogen-bond acceptors (Lipinski definition) is 6. The van der Waals surface area contributed by atoms with Crippen molar-refractivity contribution < 1.29 is 33.4 Å². The average Bonchev–Trinajstić information content (AvgIpc) is 2.11. The molecule has 0 aliphatic carbocycles. The Labute approximate surface area is 97.3 Å². The molecule has 0 bridgehead atoms. The van der Waals surface area contributed by atoms with Gasteiger partial charge in [-0.2, -0.15) is 8.42 Å². The summed E-state index contributed by atoms with van der Waals surface area (Å²) in [6, 6.07) is 0. The fourth-order valence-electron chi connectivity index (χ4n) is 1.49. The number of hydrogen-bond donors (Lipinski definition) is 5. The highest BCUT2D eigenvalue weighted by Crippen LogP contribution is 2.50. The lowest BCUT2D eigenvalue weighted by Gasteiger charge is -2.15. The van der Waals surface area contributed by atoms with Gasteiger partial charge in [0.05, 0.1) is 0 Å². The van der Waals surface area contributed by atoms with Crippen LogP contribution in [0.3, 0.4) is 0 Å². The van der Waals surface area contributed by atoms with E-state index in [1.807, 2.05) is 0 Å². The molecule has 7 nitrogen and oxygen atoms in total. The van der Waals surface area contributed by atoms with Gasteiger partial charge in [-0.05, 0) is 5.92 Å². The van der Waals surface area contributed by atoms with Gasteiger partial charge in [0.1, 0.15) is 5.75 Å². The average molecular weight is 264 g/mol. The van der Waals surface area contributed by atoms with Crippen molar-refractivity contribution in [1.29, 1.82) is 0 Å². The van der Waals surface area contributed by atoms with Crippen LogP contribution in [0.5, 0.6) is 23.0 Å². The lowest BCUT2D eigenvalue weighted by molar-refractivity contribution is 0.339. The van der Waals surface area contributed by atoms with Gasteiger partial charge in [-0.25, -0.2) is 0 Å². The highest BCUT2D eigenvalue weighted by Gasteiger charge is 2.31. The Bertz CT molecular complexity index is 559. The minimum absolute atomic E-state index is 0.284. The second-order valence-corrected chi connectivity index (χ2v) is 5.13. The summed E-state index contributed by atoms with van der Waals surface area (Å²) in [4.78, 5) is -1.23. The monoisotopic (exact) mass is 264 g/mol. The molecule has 1 aromatic rings. The van der Waals surface area contributed by atoms with Gasteiger partial charge >= 0.3 is 10.1 Å². The molecule has 1 aromatic carbocycles. The number of aromatic hydroxyl groups is 4. The van der Waals surface area contributed by atoms with Crippen LogP contribution in [0.4, 0.5) is 0 Å². The van der Waals surface area contributed by atoms with Gasteiger partial charge in [0.25, 0.3) is 0 Å². The lowest BCUT2D eigenvalue weighted by Crippen LogP contribution is -2.02. The summed E-state index contributed by atoms with van der Waals surface area (Å²) in [6.07, 6.45) is 0. The number of benzene rings is 1. The van der Waals surface area contributed by atoms with Gasteiger partial charge in [-0.15, -0.1) is 0 Å². The van der Waals surface area contributed by atoms with Crippen LogP contribution in [0.2, 0.25) is 0 Å². The fraction of sp³-hybridized carbons (Fsp3) is 0.333. The molecule has 96 valence electrons. The third kappa shape index (κ3) is 2.08. The Morgan fingerprint density at radius 2 is 1.35 bits per heavy atom.